The van der Waals surface area contributed by atoms with Crippen molar-refractivity contribution in [1.29, 1.82) is 0 Å². The highest BCUT2D eigenvalue weighted by Crippen LogP contribution is 2.29. The molecule has 2 aromatic heterocycles. The van der Waals surface area contributed by atoms with Crippen LogP contribution in [0.15, 0.2) is 28.7 Å². The molecular formula is C10H4Cl2N2O. The maximum atomic E-state index is 5.80. The summed E-state index contributed by atoms with van der Waals surface area (Å²) in [7, 11) is 0. The van der Waals surface area contributed by atoms with E-state index < -0.39 is 0 Å². The molecule has 0 saturated carbocycles. The molecular weight excluding hydrogens is 235 g/mol. The number of fused-ring (bicyclic) bond motifs is 3. The third-order valence-corrected chi connectivity index (χ3v) is 2.76. The van der Waals surface area contributed by atoms with Gasteiger partial charge >= 0.3 is 0 Å². The van der Waals surface area contributed by atoms with Crippen LogP contribution in [-0.4, -0.2) is 9.97 Å². The predicted octanol–water partition coefficient (Wildman–Crippen LogP) is 3.68. The highest BCUT2D eigenvalue weighted by molar-refractivity contribution is 6.40. The average molecular weight is 239 g/mol. The van der Waals surface area contributed by atoms with Crippen molar-refractivity contribution >= 4 is 45.4 Å². The number of aromatic nitrogens is 2. The minimum atomic E-state index is 0.156. The molecule has 3 rings (SSSR count). The van der Waals surface area contributed by atoms with E-state index >= 15 is 0 Å². The SMILES string of the molecule is Clc1nc2oc3ccccc3c2nc1Cl. The van der Waals surface area contributed by atoms with Crippen molar-refractivity contribution in [2.24, 2.45) is 0 Å². The van der Waals surface area contributed by atoms with Gasteiger partial charge < -0.3 is 4.42 Å². The van der Waals surface area contributed by atoms with Gasteiger partial charge in [0.25, 0.3) is 0 Å². The zero-order chi connectivity index (χ0) is 10.4. The Hall–Kier alpha value is -1.32. The standard InChI is InChI=1S/C10H4Cl2N2O/c11-8-9(12)14-10-7(13-8)5-3-1-2-4-6(5)15-10/h1-4H. The smallest absolute Gasteiger partial charge is 0.247 e. The van der Waals surface area contributed by atoms with Crippen LogP contribution in [0.2, 0.25) is 10.3 Å². The van der Waals surface area contributed by atoms with E-state index in [9.17, 15) is 0 Å². The molecule has 0 aliphatic carbocycles. The molecule has 15 heavy (non-hydrogen) atoms. The highest BCUT2D eigenvalue weighted by Gasteiger charge is 2.11. The Morgan fingerprint density at radius 1 is 1.00 bits per heavy atom. The number of rotatable bonds is 0. The average Bonchev–Trinajstić information content (AvgIpc) is 2.57. The van der Waals surface area contributed by atoms with E-state index in [4.69, 9.17) is 27.6 Å². The minimum Gasteiger partial charge on any atom is -0.436 e. The lowest BCUT2D eigenvalue weighted by Crippen LogP contribution is -1.82. The van der Waals surface area contributed by atoms with Crippen molar-refractivity contribution in [2.45, 2.75) is 0 Å². The minimum absolute atomic E-state index is 0.156. The molecule has 2 heterocycles. The summed E-state index contributed by atoms with van der Waals surface area (Å²) >= 11 is 11.5. The fourth-order valence-corrected chi connectivity index (χ4v) is 1.73. The number of hydrogen-bond donors (Lipinski definition) is 0. The van der Waals surface area contributed by atoms with Gasteiger partial charge in [-0.2, -0.15) is 4.98 Å². The Balaban J connectivity index is 2.56. The van der Waals surface area contributed by atoms with E-state index in [2.05, 4.69) is 9.97 Å². The van der Waals surface area contributed by atoms with Gasteiger partial charge in [0.1, 0.15) is 11.1 Å². The van der Waals surface area contributed by atoms with E-state index in [1.165, 1.54) is 0 Å². The zero-order valence-corrected chi connectivity index (χ0v) is 8.88. The quantitative estimate of drug-likeness (QED) is 0.600. The number of benzene rings is 1. The van der Waals surface area contributed by atoms with Crippen molar-refractivity contribution < 1.29 is 4.42 Å². The molecule has 0 unspecified atom stereocenters. The summed E-state index contributed by atoms with van der Waals surface area (Å²) in [5.41, 5.74) is 1.77. The maximum Gasteiger partial charge on any atom is 0.247 e. The van der Waals surface area contributed by atoms with Crippen LogP contribution in [0.1, 0.15) is 0 Å². The monoisotopic (exact) mass is 238 g/mol. The van der Waals surface area contributed by atoms with Crippen LogP contribution < -0.4 is 0 Å². The second kappa shape index (κ2) is 3.08. The Labute approximate surface area is 94.6 Å². The van der Waals surface area contributed by atoms with Crippen LogP contribution in [0.4, 0.5) is 0 Å². The lowest BCUT2D eigenvalue weighted by molar-refractivity contribution is 0.653. The van der Waals surface area contributed by atoms with Crippen molar-refractivity contribution in [3.8, 4) is 0 Å². The number of halogens is 2. The molecule has 74 valence electrons. The predicted molar refractivity (Wildman–Crippen MR) is 59.3 cm³/mol. The van der Waals surface area contributed by atoms with Crippen LogP contribution >= 0.6 is 23.2 Å². The van der Waals surface area contributed by atoms with Gasteiger partial charge in [-0.1, -0.05) is 35.3 Å². The number of nitrogens with zero attached hydrogens (tertiary/aromatic N) is 2. The fraction of sp³-hybridized carbons (Fsp3) is 0. The fourth-order valence-electron chi connectivity index (χ4n) is 1.48. The molecule has 0 N–H and O–H groups in total. The topological polar surface area (TPSA) is 38.9 Å². The lowest BCUT2D eigenvalue weighted by atomic mass is 10.2. The molecule has 0 saturated heterocycles. The number of para-hydroxylation sites is 1. The highest BCUT2D eigenvalue weighted by atomic mass is 35.5. The lowest BCUT2D eigenvalue weighted by Gasteiger charge is -1.92. The van der Waals surface area contributed by atoms with Gasteiger partial charge in [-0.3, -0.25) is 0 Å². The zero-order valence-electron chi connectivity index (χ0n) is 7.37. The number of furan rings is 1. The van der Waals surface area contributed by atoms with Crippen LogP contribution in [-0.2, 0) is 0 Å². The van der Waals surface area contributed by atoms with Gasteiger partial charge in [0.2, 0.25) is 5.71 Å². The molecule has 0 radical (unpaired) electrons. The van der Waals surface area contributed by atoms with E-state index in [1.807, 2.05) is 24.3 Å². The molecule has 0 amide bonds. The van der Waals surface area contributed by atoms with Crippen molar-refractivity contribution in [3.05, 3.63) is 34.6 Å². The summed E-state index contributed by atoms with van der Waals surface area (Å²) in [6, 6.07) is 7.54. The van der Waals surface area contributed by atoms with Crippen molar-refractivity contribution in [3.63, 3.8) is 0 Å². The molecule has 0 spiro atoms. The summed E-state index contributed by atoms with van der Waals surface area (Å²) in [5, 5.41) is 1.23. The van der Waals surface area contributed by atoms with Gasteiger partial charge in [-0.15, -0.1) is 0 Å². The Morgan fingerprint density at radius 2 is 1.73 bits per heavy atom. The van der Waals surface area contributed by atoms with Crippen LogP contribution in [0.3, 0.4) is 0 Å². The molecule has 1 aromatic carbocycles. The summed E-state index contributed by atoms with van der Waals surface area (Å²) in [5.74, 6) is 0. The van der Waals surface area contributed by atoms with Crippen LogP contribution in [0.5, 0.6) is 0 Å². The Bertz CT molecular complexity index is 663. The van der Waals surface area contributed by atoms with E-state index in [0.29, 0.717) is 11.2 Å². The van der Waals surface area contributed by atoms with Gasteiger partial charge in [-0.05, 0) is 12.1 Å². The molecule has 3 nitrogen and oxygen atoms in total. The number of hydrogen-bond acceptors (Lipinski definition) is 3. The van der Waals surface area contributed by atoms with E-state index in [0.717, 1.165) is 11.0 Å². The van der Waals surface area contributed by atoms with E-state index in [-0.39, 0.29) is 10.3 Å². The molecule has 0 bridgehead atoms. The summed E-state index contributed by atoms with van der Waals surface area (Å²) < 4.78 is 5.47. The first-order chi connectivity index (χ1) is 7.25. The Kier molecular flexibility index (Phi) is 1.84. The third kappa shape index (κ3) is 1.28. The molecule has 3 aromatic rings. The summed E-state index contributed by atoms with van der Waals surface area (Å²) in [6.07, 6.45) is 0. The van der Waals surface area contributed by atoms with Crippen molar-refractivity contribution in [2.75, 3.05) is 0 Å². The molecule has 0 aliphatic rings. The third-order valence-electron chi connectivity index (χ3n) is 2.13. The largest absolute Gasteiger partial charge is 0.436 e. The van der Waals surface area contributed by atoms with Crippen molar-refractivity contribution in [1.82, 2.24) is 9.97 Å². The second-order valence-corrected chi connectivity index (χ2v) is 3.77. The first-order valence-corrected chi connectivity index (χ1v) is 5.01. The van der Waals surface area contributed by atoms with Crippen LogP contribution in [0, 0.1) is 0 Å². The van der Waals surface area contributed by atoms with Gasteiger partial charge in [0.05, 0.1) is 0 Å². The molecule has 0 atom stereocenters. The van der Waals surface area contributed by atoms with Gasteiger partial charge in [-0.25, -0.2) is 4.98 Å². The first-order valence-electron chi connectivity index (χ1n) is 4.26. The summed E-state index contributed by atoms with van der Waals surface area (Å²) in [4.78, 5) is 8.16. The van der Waals surface area contributed by atoms with Crippen LogP contribution in [0.25, 0.3) is 22.2 Å². The van der Waals surface area contributed by atoms with E-state index in [1.54, 1.807) is 0 Å². The molecule has 0 aliphatic heterocycles. The van der Waals surface area contributed by atoms with Gasteiger partial charge in [0, 0.05) is 5.39 Å². The molecule has 0 fully saturated rings. The maximum absolute atomic E-state index is 5.80. The first kappa shape index (κ1) is 8.95. The summed E-state index contributed by atoms with van der Waals surface area (Å²) in [6.45, 7) is 0. The second-order valence-electron chi connectivity index (χ2n) is 3.06. The van der Waals surface area contributed by atoms with Gasteiger partial charge in [0.15, 0.2) is 10.3 Å². The normalized spacial score (nSPS) is 11.3. The molecule has 5 heteroatoms. The Morgan fingerprint density at radius 3 is 2.60 bits per heavy atom.